The molecule has 3 nitrogen and oxygen atoms in total. The summed E-state index contributed by atoms with van der Waals surface area (Å²) in [4.78, 5) is 12.0. The van der Waals surface area contributed by atoms with Gasteiger partial charge in [-0.25, -0.2) is 4.79 Å². The number of carboxylic acid groups (broad SMARTS) is 1. The monoisotopic (exact) mass is 143 g/mol. The third kappa shape index (κ3) is 1.40. The van der Waals surface area contributed by atoms with Crippen LogP contribution >= 0.6 is 0 Å². The summed E-state index contributed by atoms with van der Waals surface area (Å²) in [6.07, 6.45) is 2.45. The van der Waals surface area contributed by atoms with Crippen LogP contribution in [0.4, 0.5) is 4.79 Å². The average Bonchev–Trinajstić information content (AvgIpc) is 1.88. The molecule has 0 radical (unpaired) electrons. The fourth-order valence-corrected chi connectivity index (χ4v) is 1.38. The molecule has 0 aromatic carbocycles. The van der Waals surface area contributed by atoms with E-state index in [1.807, 2.05) is 6.92 Å². The molecule has 1 aliphatic rings. The van der Waals surface area contributed by atoms with E-state index in [0.717, 1.165) is 19.4 Å². The minimum absolute atomic E-state index is 0.228. The van der Waals surface area contributed by atoms with Crippen LogP contribution in [0.15, 0.2) is 0 Å². The molecule has 58 valence electrons. The largest absolute Gasteiger partial charge is 0.465 e. The van der Waals surface area contributed by atoms with Gasteiger partial charge in [0.2, 0.25) is 0 Å². The number of carbonyl (C=O) groups is 1. The summed E-state index contributed by atoms with van der Waals surface area (Å²) in [5.74, 6) is 0. The fraction of sp³-hybridized carbons (Fsp3) is 0.857. The van der Waals surface area contributed by atoms with Gasteiger partial charge in [-0.3, -0.25) is 0 Å². The molecule has 0 aliphatic carbocycles. The highest BCUT2D eigenvalue weighted by Gasteiger charge is 2.21. The molecule has 0 bridgehead atoms. The highest BCUT2D eigenvalue weighted by molar-refractivity contribution is 5.65. The molecule has 1 N–H and O–H groups in total. The van der Waals surface area contributed by atoms with Crippen LogP contribution in [0.25, 0.3) is 0 Å². The standard InChI is InChI=1S/C7H13NO2/c1-6-4-2-3-5-8(6)7(9)10/h6H,2-5H2,1H3,(H,9,10)/t6-/m0/s1. The third-order valence-corrected chi connectivity index (χ3v) is 2.05. The Balaban J connectivity index is 2.47. The first kappa shape index (κ1) is 7.38. The van der Waals surface area contributed by atoms with Crippen molar-refractivity contribution in [3.05, 3.63) is 0 Å². The fourth-order valence-electron chi connectivity index (χ4n) is 1.38. The van der Waals surface area contributed by atoms with Crippen LogP contribution in [0.5, 0.6) is 0 Å². The van der Waals surface area contributed by atoms with Gasteiger partial charge in [-0.05, 0) is 26.2 Å². The van der Waals surface area contributed by atoms with E-state index in [0.29, 0.717) is 0 Å². The molecule has 1 saturated heterocycles. The molecule has 10 heavy (non-hydrogen) atoms. The molecule has 1 atom stereocenters. The van der Waals surface area contributed by atoms with Crippen molar-refractivity contribution in [3.63, 3.8) is 0 Å². The highest BCUT2D eigenvalue weighted by atomic mass is 16.4. The van der Waals surface area contributed by atoms with E-state index in [1.54, 1.807) is 0 Å². The molecule has 1 rings (SSSR count). The van der Waals surface area contributed by atoms with Crippen molar-refractivity contribution >= 4 is 6.09 Å². The van der Waals surface area contributed by atoms with Crippen LogP contribution in [-0.4, -0.2) is 28.7 Å². The molecular formula is C7H13NO2. The molecule has 1 amide bonds. The summed E-state index contributed by atoms with van der Waals surface area (Å²) in [6.45, 7) is 2.68. The van der Waals surface area contributed by atoms with Crippen molar-refractivity contribution in [2.75, 3.05) is 6.54 Å². The zero-order valence-electron chi connectivity index (χ0n) is 6.21. The second-order valence-electron chi connectivity index (χ2n) is 2.82. The smallest absolute Gasteiger partial charge is 0.407 e. The van der Waals surface area contributed by atoms with Gasteiger partial charge in [-0.1, -0.05) is 0 Å². The summed E-state index contributed by atoms with van der Waals surface area (Å²) < 4.78 is 0. The van der Waals surface area contributed by atoms with Gasteiger partial charge < -0.3 is 10.0 Å². The van der Waals surface area contributed by atoms with Crippen molar-refractivity contribution in [1.82, 2.24) is 4.90 Å². The molecule has 0 aromatic heterocycles. The Labute approximate surface area is 60.6 Å². The molecule has 1 heterocycles. The lowest BCUT2D eigenvalue weighted by Gasteiger charge is -2.30. The minimum atomic E-state index is -0.771. The van der Waals surface area contributed by atoms with Gasteiger partial charge in [0.05, 0.1) is 0 Å². The van der Waals surface area contributed by atoms with Crippen LogP contribution < -0.4 is 0 Å². The second kappa shape index (κ2) is 2.90. The normalized spacial score (nSPS) is 26.5. The van der Waals surface area contributed by atoms with Crippen LogP contribution in [0, 0.1) is 0 Å². The topological polar surface area (TPSA) is 40.5 Å². The van der Waals surface area contributed by atoms with Gasteiger partial charge in [0.1, 0.15) is 0 Å². The second-order valence-corrected chi connectivity index (χ2v) is 2.82. The molecule has 0 unspecified atom stereocenters. The lowest BCUT2D eigenvalue weighted by Crippen LogP contribution is -2.40. The highest BCUT2D eigenvalue weighted by Crippen LogP contribution is 2.15. The van der Waals surface area contributed by atoms with Crippen molar-refractivity contribution in [3.8, 4) is 0 Å². The number of nitrogens with zero attached hydrogens (tertiary/aromatic N) is 1. The summed E-state index contributed by atoms with van der Waals surface area (Å²) in [5.41, 5.74) is 0. The van der Waals surface area contributed by atoms with E-state index in [2.05, 4.69) is 0 Å². The van der Waals surface area contributed by atoms with E-state index in [-0.39, 0.29) is 6.04 Å². The lowest BCUT2D eigenvalue weighted by atomic mass is 10.0. The Bertz CT molecular complexity index is 136. The van der Waals surface area contributed by atoms with Gasteiger partial charge in [0.25, 0.3) is 0 Å². The molecule has 3 heteroatoms. The maximum Gasteiger partial charge on any atom is 0.407 e. The van der Waals surface area contributed by atoms with Crippen molar-refractivity contribution < 1.29 is 9.90 Å². The van der Waals surface area contributed by atoms with Gasteiger partial charge in [0, 0.05) is 12.6 Å². The van der Waals surface area contributed by atoms with Crippen molar-refractivity contribution in [1.29, 1.82) is 0 Å². The first-order valence-electron chi connectivity index (χ1n) is 3.71. The van der Waals surface area contributed by atoms with Gasteiger partial charge >= 0.3 is 6.09 Å². The zero-order chi connectivity index (χ0) is 7.56. The molecule has 0 saturated carbocycles. The van der Waals surface area contributed by atoms with E-state index >= 15 is 0 Å². The Hall–Kier alpha value is -0.730. The summed E-state index contributed by atoms with van der Waals surface area (Å²) in [5, 5.41) is 8.63. The first-order chi connectivity index (χ1) is 4.72. The van der Waals surface area contributed by atoms with Crippen LogP contribution in [0.2, 0.25) is 0 Å². The van der Waals surface area contributed by atoms with Gasteiger partial charge in [-0.15, -0.1) is 0 Å². The number of amides is 1. The molecule has 1 fully saturated rings. The van der Waals surface area contributed by atoms with Crippen LogP contribution in [0.1, 0.15) is 26.2 Å². The minimum Gasteiger partial charge on any atom is -0.465 e. The predicted octanol–water partition coefficient (Wildman–Crippen LogP) is 1.54. The van der Waals surface area contributed by atoms with Crippen LogP contribution in [-0.2, 0) is 0 Å². The average molecular weight is 143 g/mol. The number of likely N-dealkylation sites (tertiary alicyclic amines) is 1. The quantitative estimate of drug-likeness (QED) is 0.558. The summed E-state index contributed by atoms with van der Waals surface area (Å²) in [7, 11) is 0. The van der Waals surface area contributed by atoms with E-state index in [1.165, 1.54) is 11.3 Å². The summed E-state index contributed by atoms with van der Waals surface area (Å²) >= 11 is 0. The van der Waals surface area contributed by atoms with Crippen molar-refractivity contribution in [2.45, 2.75) is 32.2 Å². The number of rotatable bonds is 0. The zero-order valence-corrected chi connectivity index (χ0v) is 6.21. The number of hydrogen-bond acceptors (Lipinski definition) is 1. The maximum atomic E-state index is 10.5. The number of piperidine rings is 1. The molecule has 0 spiro atoms. The van der Waals surface area contributed by atoms with E-state index in [9.17, 15) is 4.79 Å². The Morgan fingerprint density at radius 1 is 1.60 bits per heavy atom. The number of hydrogen-bond donors (Lipinski definition) is 1. The van der Waals surface area contributed by atoms with Gasteiger partial charge in [0.15, 0.2) is 0 Å². The molecular weight excluding hydrogens is 130 g/mol. The maximum absolute atomic E-state index is 10.5. The first-order valence-corrected chi connectivity index (χ1v) is 3.71. The van der Waals surface area contributed by atoms with E-state index in [4.69, 9.17) is 5.11 Å². The Kier molecular flexibility index (Phi) is 2.14. The molecule has 1 aliphatic heterocycles. The predicted molar refractivity (Wildman–Crippen MR) is 38.0 cm³/mol. The van der Waals surface area contributed by atoms with Gasteiger partial charge in [-0.2, -0.15) is 0 Å². The van der Waals surface area contributed by atoms with Crippen molar-refractivity contribution in [2.24, 2.45) is 0 Å². The Morgan fingerprint density at radius 2 is 2.30 bits per heavy atom. The Morgan fingerprint density at radius 3 is 2.70 bits per heavy atom. The molecule has 0 aromatic rings. The van der Waals surface area contributed by atoms with E-state index < -0.39 is 6.09 Å². The summed E-state index contributed by atoms with van der Waals surface area (Å²) in [6, 6.07) is 0.228. The SMILES string of the molecule is C[C@H]1CCCCN1C(=O)O. The third-order valence-electron chi connectivity index (χ3n) is 2.05. The lowest BCUT2D eigenvalue weighted by molar-refractivity contribution is 0.112. The van der Waals surface area contributed by atoms with Crippen LogP contribution in [0.3, 0.4) is 0 Å².